The molecule has 0 saturated heterocycles. The summed E-state index contributed by atoms with van der Waals surface area (Å²) in [6.07, 6.45) is 0. The predicted molar refractivity (Wildman–Crippen MR) is 63.2 cm³/mol. The fourth-order valence-electron chi connectivity index (χ4n) is 1.40. The first-order valence-corrected chi connectivity index (χ1v) is 5.23. The van der Waals surface area contributed by atoms with Crippen LogP contribution in [-0.4, -0.2) is 30.3 Å². The summed E-state index contributed by atoms with van der Waals surface area (Å²) in [5.41, 5.74) is 1.70. The Labute approximate surface area is 101 Å². The fourth-order valence-corrected chi connectivity index (χ4v) is 1.40. The zero-order chi connectivity index (χ0) is 12.7. The number of ketones is 1. The third-order valence-electron chi connectivity index (χ3n) is 2.33. The van der Waals surface area contributed by atoms with Crippen molar-refractivity contribution >= 4 is 5.78 Å². The molecule has 0 amide bonds. The molecule has 1 rings (SSSR count). The quantitative estimate of drug-likeness (QED) is 0.565. The van der Waals surface area contributed by atoms with Crippen molar-refractivity contribution in [2.24, 2.45) is 0 Å². The normalized spacial score (nSPS) is 9.65. The van der Waals surface area contributed by atoms with E-state index in [1.165, 1.54) is 4.90 Å². The number of carbonyl (C=O) groups excluding carboxylic acids is 1. The van der Waals surface area contributed by atoms with Crippen molar-refractivity contribution in [1.29, 1.82) is 10.5 Å². The summed E-state index contributed by atoms with van der Waals surface area (Å²) in [5.74, 6) is -0.0736. The molecule has 0 heterocycles. The molecule has 17 heavy (non-hydrogen) atoms. The SMILES string of the molecule is Cc1ccc(C(=O)CN(CC#N)CC#N)cc1. The second kappa shape index (κ2) is 6.42. The highest BCUT2D eigenvalue weighted by molar-refractivity contribution is 5.97. The molecular formula is C13H13N3O. The van der Waals surface area contributed by atoms with Crippen LogP contribution in [0.3, 0.4) is 0 Å². The van der Waals surface area contributed by atoms with E-state index >= 15 is 0 Å². The molecular weight excluding hydrogens is 214 g/mol. The van der Waals surface area contributed by atoms with Gasteiger partial charge in [-0.05, 0) is 6.92 Å². The number of hydrogen-bond acceptors (Lipinski definition) is 4. The lowest BCUT2D eigenvalue weighted by molar-refractivity contribution is 0.0946. The van der Waals surface area contributed by atoms with Crippen molar-refractivity contribution in [3.05, 3.63) is 35.4 Å². The standard InChI is InChI=1S/C13H13N3O/c1-11-2-4-12(5-3-11)13(17)10-16(8-6-14)9-7-15/h2-5H,8-10H2,1H3. The number of benzene rings is 1. The van der Waals surface area contributed by atoms with Crippen LogP contribution < -0.4 is 0 Å². The highest BCUT2D eigenvalue weighted by Crippen LogP contribution is 2.05. The summed E-state index contributed by atoms with van der Waals surface area (Å²) in [5, 5.41) is 17.1. The van der Waals surface area contributed by atoms with E-state index in [1.54, 1.807) is 12.1 Å². The largest absolute Gasteiger partial charge is 0.293 e. The van der Waals surface area contributed by atoms with E-state index in [0.29, 0.717) is 5.56 Å². The molecule has 1 aromatic carbocycles. The predicted octanol–water partition coefficient (Wildman–Crippen LogP) is 1.53. The zero-order valence-corrected chi connectivity index (χ0v) is 9.68. The van der Waals surface area contributed by atoms with Gasteiger partial charge >= 0.3 is 0 Å². The molecule has 0 radical (unpaired) electrons. The van der Waals surface area contributed by atoms with Crippen molar-refractivity contribution in [3.8, 4) is 12.1 Å². The monoisotopic (exact) mass is 227 g/mol. The van der Waals surface area contributed by atoms with Gasteiger partial charge in [0.25, 0.3) is 0 Å². The van der Waals surface area contributed by atoms with Crippen LogP contribution in [0.15, 0.2) is 24.3 Å². The van der Waals surface area contributed by atoms with Crippen molar-refractivity contribution in [1.82, 2.24) is 4.90 Å². The molecule has 0 bridgehead atoms. The van der Waals surface area contributed by atoms with E-state index in [-0.39, 0.29) is 25.4 Å². The second-order valence-electron chi connectivity index (χ2n) is 3.75. The molecule has 0 aliphatic rings. The van der Waals surface area contributed by atoms with E-state index in [4.69, 9.17) is 10.5 Å². The molecule has 4 nitrogen and oxygen atoms in total. The molecule has 0 aliphatic carbocycles. The van der Waals surface area contributed by atoms with Gasteiger partial charge in [0.1, 0.15) is 0 Å². The molecule has 0 aromatic heterocycles. The van der Waals surface area contributed by atoms with Gasteiger partial charge < -0.3 is 0 Å². The maximum atomic E-state index is 11.9. The molecule has 4 heteroatoms. The van der Waals surface area contributed by atoms with Crippen molar-refractivity contribution in [3.63, 3.8) is 0 Å². The van der Waals surface area contributed by atoms with E-state index in [1.807, 2.05) is 31.2 Å². The van der Waals surface area contributed by atoms with Gasteiger partial charge in [-0.25, -0.2) is 0 Å². The Balaban J connectivity index is 2.68. The first-order valence-electron chi connectivity index (χ1n) is 5.23. The Kier molecular flexibility index (Phi) is 4.87. The second-order valence-corrected chi connectivity index (χ2v) is 3.75. The fraction of sp³-hybridized carbons (Fsp3) is 0.308. The lowest BCUT2D eigenvalue weighted by atomic mass is 10.1. The van der Waals surface area contributed by atoms with Crippen molar-refractivity contribution < 1.29 is 4.79 Å². The van der Waals surface area contributed by atoms with Gasteiger partial charge in [-0.2, -0.15) is 10.5 Å². The van der Waals surface area contributed by atoms with Gasteiger partial charge in [0.15, 0.2) is 5.78 Å². The van der Waals surface area contributed by atoms with Gasteiger partial charge in [-0.3, -0.25) is 9.69 Å². The van der Waals surface area contributed by atoms with Gasteiger partial charge in [-0.15, -0.1) is 0 Å². The average molecular weight is 227 g/mol. The molecule has 0 fully saturated rings. The van der Waals surface area contributed by atoms with Crippen LogP contribution in [0.4, 0.5) is 0 Å². The Hall–Kier alpha value is -2.17. The maximum Gasteiger partial charge on any atom is 0.176 e. The van der Waals surface area contributed by atoms with E-state index < -0.39 is 0 Å². The minimum Gasteiger partial charge on any atom is -0.293 e. The van der Waals surface area contributed by atoms with Gasteiger partial charge in [0, 0.05) is 5.56 Å². The molecule has 0 saturated carbocycles. The summed E-state index contributed by atoms with van der Waals surface area (Å²) < 4.78 is 0. The molecule has 0 aliphatic heterocycles. The van der Waals surface area contributed by atoms with Crippen LogP contribution in [0.2, 0.25) is 0 Å². The number of nitriles is 2. The third kappa shape index (κ3) is 4.06. The average Bonchev–Trinajstić information content (AvgIpc) is 2.30. The molecule has 0 unspecified atom stereocenters. The number of hydrogen-bond donors (Lipinski definition) is 0. The Morgan fingerprint density at radius 2 is 1.71 bits per heavy atom. The molecule has 1 aromatic rings. The van der Waals surface area contributed by atoms with Crippen LogP contribution in [0.5, 0.6) is 0 Å². The highest BCUT2D eigenvalue weighted by Gasteiger charge is 2.11. The summed E-state index contributed by atoms with van der Waals surface area (Å²) in [6, 6.07) is 11.1. The van der Waals surface area contributed by atoms with Crippen LogP contribution in [0.25, 0.3) is 0 Å². The number of aryl methyl sites for hydroxylation is 1. The van der Waals surface area contributed by atoms with E-state index in [2.05, 4.69) is 0 Å². The lowest BCUT2D eigenvalue weighted by Gasteiger charge is -2.13. The Morgan fingerprint density at radius 3 is 2.18 bits per heavy atom. The smallest absolute Gasteiger partial charge is 0.176 e. The summed E-state index contributed by atoms with van der Waals surface area (Å²) in [7, 11) is 0. The first-order chi connectivity index (χ1) is 8.17. The van der Waals surface area contributed by atoms with E-state index in [9.17, 15) is 4.79 Å². The minimum atomic E-state index is -0.0736. The Morgan fingerprint density at radius 1 is 1.18 bits per heavy atom. The minimum absolute atomic E-state index is 0.0736. The van der Waals surface area contributed by atoms with Gasteiger partial charge in [0.05, 0.1) is 31.8 Å². The summed E-state index contributed by atoms with van der Waals surface area (Å²) in [6.45, 7) is 2.23. The van der Waals surface area contributed by atoms with E-state index in [0.717, 1.165) is 5.56 Å². The zero-order valence-electron chi connectivity index (χ0n) is 9.68. The number of rotatable bonds is 5. The summed E-state index contributed by atoms with van der Waals surface area (Å²) in [4.78, 5) is 13.4. The number of carbonyl (C=O) groups is 1. The molecule has 0 spiro atoms. The molecule has 86 valence electrons. The van der Waals surface area contributed by atoms with Crippen LogP contribution in [-0.2, 0) is 0 Å². The molecule has 0 N–H and O–H groups in total. The summed E-state index contributed by atoms with van der Waals surface area (Å²) >= 11 is 0. The third-order valence-corrected chi connectivity index (χ3v) is 2.33. The van der Waals surface area contributed by atoms with Gasteiger partial charge in [0.2, 0.25) is 0 Å². The lowest BCUT2D eigenvalue weighted by Crippen LogP contribution is -2.30. The number of Topliss-reactive ketones (excluding diaryl/α,β-unsaturated/α-hetero) is 1. The van der Waals surface area contributed by atoms with Crippen molar-refractivity contribution in [2.45, 2.75) is 6.92 Å². The van der Waals surface area contributed by atoms with Crippen LogP contribution in [0.1, 0.15) is 15.9 Å². The van der Waals surface area contributed by atoms with Gasteiger partial charge in [-0.1, -0.05) is 29.8 Å². The molecule has 0 atom stereocenters. The van der Waals surface area contributed by atoms with Crippen LogP contribution in [0, 0.1) is 29.6 Å². The Bertz CT molecular complexity index is 449. The maximum absolute atomic E-state index is 11.9. The number of nitrogens with zero attached hydrogens (tertiary/aromatic N) is 3. The topological polar surface area (TPSA) is 67.9 Å². The highest BCUT2D eigenvalue weighted by atomic mass is 16.1. The van der Waals surface area contributed by atoms with Crippen LogP contribution >= 0.6 is 0 Å². The first kappa shape index (κ1) is 12.9. The van der Waals surface area contributed by atoms with Crippen molar-refractivity contribution in [2.75, 3.05) is 19.6 Å².